The lowest BCUT2D eigenvalue weighted by Gasteiger charge is -2.21. The zero-order valence-electron chi connectivity index (χ0n) is 7.08. The van der Waals surface area contributed by atoms with Gasteiger partial charge in [0.2, 0.25) is 6.54 Å². The summed E-state index contributed by atoms with van der Waals surface area (Å²) in [5.74, 6) is -0.755. The third-order valence-corrected chi connectivity index (χ3v) is 2.40. The second-order valence-corrected chi connectivity index (χ2v) is 3.14. The van der Waals surface area contributed by atoms with Crippen LogP contribution < -0.4 is 0 Å². The molecule has 0 amide bonds. The van der Waals surface area contributed by atoms with E-state index in [1.165, 1.54) is 0 Å². The standard InChI is InChI=1S/C8H12N2O2/c1-9-5-6-10(2)8(3-4-8)7(11)12/h3-6H2,2H3,(H,11,12). The van der Waals surface area contributed by atoms with Gasteiger partial charge in [-0.15, -0.1) is 0 Å². The van der Waals surface area contributed by atoms with Crippen molar-refractivity contribution in [3.8, 4) is 0 Å². The van der Waals surface area contributed by atoms with Crippen LogP contribution in [-0.2, 0) is 4.79 Å². The summed E-state index contributed by atoms with van der Waals surface area (Å²) in [7, 11) is 1.77. The second kappa shape index (κ2) is 3.11. The third-order valence-electron chi connectivity index (χ3n) is 2.40. The van der Waals surface area contributed by atoms with Crippen LogP contribution in [0.25, 0.3) is 4.85 Å². The van der Waals surface area contributed by atoms with Gasteiger partial charge in [0.15, 0.2) is 0 Å². The fourth-order valence-electron chi connectivity index (χ4n) is 1.29. The highest BCUT2D eigenvalue weighted by atomic mass is 16.4. The summed E-state index contributed by atoms with van der Waals surface area (Å²) < 4.78 is 0. The Morgan fingerprint density at radius 3 is 2.67 bits per heavy atom. The van der Waals surface area contributed by atoms with Crippen LogP contribution in [0, 0.1) is 6.57 Å². The quantitative estimate of drug-likeness (QED) is 0.620. The van der Waals surface area contributed by atoms with Crippen molar-refractivity contribution in [3.63, 3.8) is 0 Å². The molecule has 0 unspecified atom stereocenters. The molecule has 4 heteroatoms. The van der Waals surface area contributed by atoms with Gasteiger partial charge in [0.25, 0.3) is 0 Å². The fraction of sp³-hybridized carbons (Fsp3) is 0.750. The minimum Gasteiger partial charge on any atom is -0.480 e. The molecular formula is C8H12N2O2. The molecule has 0 heterocycles. The summed E-state index contributed by atoms with van der Waals surface area (Å²) in [6.07, 6.45) is 1.44. The lowest BCUT2D eigenvalue weighted by atomic mass is 10.2. The highest BCUT2D eigenvalue weighted by Gasteiger charge is 2.53. The SMILES string of the molecule is [C-]#[N+]CCN(C)C1(C(=O)O)CC1. The van der Waals surface area contributed by atoms with E-state index in [0.717, 1.165) is 12.8 Å². The van der Waals surface area contributed by atoms with E-state index in [1.54, 1.807) is 11.9 Å². The number of aliphatic carboxylic acids is 1. The highest BCUT2D eigenvalue weighted by molar-refractivity contribution is 5.82. The molecule has 1 N–H and O–H groups in total. The molecule has 0 aliphatic heterocycles. The van der Waals surface area contributed by atoms with E-state index in [4.69, 9.17) is 11.7 Å². The molecule has 1 saturated carbocycles. The van der Waals surface area contributed by atoms with E-state index in [0.29, 0.717) is 13.1 Å². The molecule has 1 aliphatic carbocycles. The summed E-state index contributed by atoms with van der Waals surface area (Å²) in [5, 5.41) is 8.85. The van der Waals surface area contributed by atoms with Crippen LogP contribution in [0.15, 0.2) is 0 Å². The van der Waals surface area contributed by atoms with Crippen molar-refractivity contribution in [2.24, 2.45) is 0 Å². The number of hydrogen-bond acceptors (Lipinski definition) is 2. The Morgan fingerprint density at radius 1 is 1.75 bits per heavy atom. The molecule has 0 spiro atoms. The van der Waals surface area contributed by atoms with Gasteiger partial charge in [-0.3, -0.25) is 9.69 Å². The van der Waals surface area contributed by atoms with Crippen LogP contribution in [0.4, 0.5) is 0 Å². The zero-order chi connectivity index (χ0) is 9.19. The maximum Gasteiger partial charge on any atom is 0.324 e. The monoisotopic (exact) mass is 168 g/mol. The number of hydrogen-bond donors (Lipinski definition) is 1. The van der Waals surface area contributed by atoms with Gasteiger partial charge in [-0.2, -0.15) is 0 Å². The summed E-state index contributed by atoms with van der Waals surface area (Å²) in [6, 6.07) is 0. The van der Waals surface area contributed by atoms with E-state index >= 15 is 0 Å². The fourth-order valence-corrected chi connectivity index (χ4v) is 1.29. The number of nitrogens with zero attached hydrogens (tertiary/aromatic N) is 2. The maximum atomic E-state index is 10.8. The lowest BCUT2D eigenvalue weighted by molar-refractivity contribution is -0.144. The average Bonchev–Trinajstić information content (AvgIpc) is 2.80. The van der Waals surface area contributed by atoms with Crippen LogP contribution in [0.3, 0.4) is 0 Å². The molecular weight excluding hydrogens is 156 g/mol. The minimum absolute atomic E-state index is 0.380. The molecule has 0 aromatic heterocycles. The van der Waals surface area contributed by atoms with Gasteiger partial charge >= 0.3 is 5.97 Å². The van der Waals surface area contributed by atoms with E-state index < -0.39 is 11.5 Å². The van der Waals surface area contributed by atoms with Gasteiger partial charge in [-0.25, -0.2) is 6.57 Å². The molecule has 0 aromatic carbocycles. The van der Waals surface area contributed by atoms with E-state index in [9.17, 15) is 4.79 Å². The maximum absolute atomic E-state index is 10.8. The zero-order valence-corrected chi connectivity index (χ0v) is 7.08. The Balaban J connectivity index is 2.47. The van der Waals surface area contributed by atoms with Crippen molar-refractivity contribution in [1.82, 2.24) is 4.90 Å². The number of carboxylic acids is 1. The highest BCUT2D eigenvalue weighted by Crippen LogP contribution is 2.40. The number of carboxylic acid groups (broad SMARTS) is 1. The van der Waals surface area contributed by atoms with Gasteiger partial charge < -0.3 is 9.95 Å². The average molecular weight is 168 g/mol. The normalized spacial score (nSPS) is 18.8. The molecule has 0 saturated heterocycles. The van der Waals surface area contributed by atoms with Crippen molar-refractivity contribution < 1.29 is 9.90 Å². The first-order valence-corrected chi connectivity index (χ1v) is 3.91. The predicted molar refractivity (Wildman–Crippen MR) is 43.7 cm³/mol. The van der Waals surface area contributed by atoms with Crippen molar-refractivity contribution in [1.29, 1.82) is 0 Å². The first-order valence-electron chi connectivity index (χ1n) is 3.91. The second-order valence-electron chi connectivity index (χ2n) is 3.14. The summed E-state index contributed by atoms with van der Waals surface area (Å²) in [4.78, 5) is 15.7. The third kappa shape index (κ3) is 1.41. The van der Waals surface area contributed by atoms with Crippen LogP contribution >= 0.6 is 0 Å². The van der Waals surface area contributed by atoms with Crippen LogP contribution in [0.1, 0.15) is 12.8 Å². The Morgan fingerprint density at radius 2 is 2.33 bits per heavy atom. The Labute approximate surface area is 71.6 Å². The van der Waals surface area contributed by atoms with E-state index in [1.807, 2.05) is 0 Å². The summed E-state index contributed by atoms with van der Waals surface area (Å²) in [6.45, 7) is 7.51. The number of likely N-dealkylation sites (N-methyl/N-ethyl adjacent to an activating group) is 1. The van der Waals surface area contributed by atoms with Gasteiger partial charge in [-0.05, 0) is 19.9 Å². The Hall–Kier alpha value is -1.08. The van der Waals surface area contributed by atoms with Gasteiger partial charge in [0.05, 0.1) is 6.54 Å². The van der Waals surface area contributed by atoms with Crippen LogP contribution in [-0.4, -0.2) is 41.7 Å². The Kier molecular flexibility index (Phi) is 2.34. The topological polar surface area (TPSA) is 44.9 Å². The predicted octanol–water partition coefficient (Wildman–Crippen LogP) is 0.455. The van der Waals surface area contributed by atoms with E-state index in [2.05, 4.69) is 4.85 Å². The Bertz CT molecular complexity index is 228. The molecule has 1 aliphatic rings. The first kappa shape index (κ1) is 9.01. The van der Waals surface area contributed by atoms with Crippen LogP contribution in [0.5, 0.6) is 0 Å². The molecule has 0 aromatic rings. The molecule has 12 heavy (non-hydrogen) atoms. The van der Waals surface area contributed by atoms with Gasteiger partial charge in [-0.1, -0.05) is 0 Å². The summed E-state index contributed by atoms with van der Waals surface area (Å²) in [5.41, 5.74) is -0.634. The molecule has 0 radical (unpaired) electrons. The van der Waals surface area contributed by atoms with Crippen LogP contribution in [0.2, 0.25) is 0 Å². The van der Waals surface area contributed by atoms with Crippen molar-refractivity contribution in [2.75, 3.05) is 20.1 Å². The molecule has 1 fully saturated rings. The molecule has 66 valence electrons. The molecule has 0 atom stereocenters. The molecule has 4 nitrogen and oxygen atoms in total. The van der Waals surface area contributed by atoms with Crippen molar-refractivity contribution >= 4 is 5.97 Å². The van der Waals surface area contributed by atoms with E-state index in [-0.39, 0.29) is 0 Å². The first-order chi connectivity index (χ1) is 5.63. The molecule has 0 bridgehead atoms. The van der Waals surface area contributed by atoms with Crippen molar-refractivity contribution in [3.05, 3.63) is 11.4 Å². The lowest BCUT2D eigenvalue weighted by Crippen LogP contribution is -2.41. The largest absolute Gasteiger partial charge is 0.480 e. The summed E-state index contributed by atoms with van der Waals surface area (Å²) >= 11 is 0. The number of carbonyl (C=O) groups is 1. The van der Waals surface area contributed by atoms with Crippen molar-refractivity contribution in [2.45, 2.75) is 18.4 Å². The smallest absolute Gasteiger partial charge is 0.324 e. The van der Waals surface area contributed by atoms with Gasteiger partial charge in [0.1, 0.15) is 5.54 Å². The minimum atomic E-state index is -0.755. The van der Waals surface area contributed by atoms with Gasteiger partial charge in [0, 0.05) is 0 Å². The number of rotatable bonds is 4. The molecule has 1 rings (SSSR count).